The van der Waals surface area contributed by atoms with Crippen LogP contribution >= 0.6 is 31.9 Å². The summed E-state index contributed by atoms with van der Waals surface area (Å²) in [5.41, 5.74) is 1.58. The predicted octanol–water partition coefficient (Wildman–Crippen LogP) is 13.8. The molecule has 2 atom stereocenters. The van der Waals surface area contributed by atoms with Crippen molar-refractivity contribution in [2.24, 2.45) is 0 Å². The maximum atomic E-state index is 15.2. The summed E-state index contributed by atoms with van der Waals surface area (Å²) in [7, 11) is 0. The molecule has 6 aromatic carbocycles. The SMILES string of the molecule is CC(C)(c1ccc(F)c(Br)c1)C(Cc1ccc(F)c(Oc2ccccc2)c1)OC(Cc1ccc(F)c(Oc2ccccc2)c1)C(C)(C)c1ccc(F)c(Br)c1. The highest BCUT2D eigenvalue weighted by Gasteiger charge is 2.40. The van der Waals surface area contributed by atoms with E-state index in [0.717, 1.165) is 22.3 Å². The van der Waals surface area contributed by atoms with Crippen molar-refractivity contribution in [3.8, 4) is 23.0 Å². The quantitative estimate of drug-likeness (QED) is 0.102. The summed E-state index contributed by atoms with van der Waals surface area (Å²) in [5, 5.41) is 0. The first-order valence-electron chi connectivity index (χ1n) is 17.8. The summed E-state index contributed by atoms with van der Waals surface area (Å²) in [6, 6.07) is 37.2. The van der Waals surface area contributed by atoms with Gasteiger partial charge in [0.25, 0.3) is 0 Å². The molecule has 9 heteroatoms. The molecule has 0 saturated heterocycles. The molecule has 6 aromatic rings. The van der Waals surface area contributed by atoms with Crippen LogP contribution in [0.5, 0.6) is 23.0 Å². The first kappa shape index (κ1) is 40.2. The number of rotatable bonds is 14. The number of halogens is 6. The van der Waals surface area contributed by atoms with Crippen LogP contribution in [0.3, 0.4) is 0 Å². The second-order valence-corrected chi connectivity index (χ2v) is 16.3. The molecule has 6 rings (SSSR count). The van der Waals surface area contributed by atoms with Crippen LogP contribution in [0, 0.1) is 23.3 Å². The summed E-state index contributed by atoms with van der Waals surface area (Å²) in [4.78, 5) is 0. The fourth-order valence-electron chi connectivity index (χ4n) is 6.48. The molecule has 0 aliphatic carbocycles. The number of benzene rings is 6. The smallest absolute Gasteiger partial charge is 0.165 e. The molecular formula is C46H40Br2F4O3. The molecule has 0 amide bonds. The van der Waals surface area contributed by atoms with Gasteiger partial charge in [-0.3, -0.25) is 0 Å². The van der Waals surface area contributed by atoms with Crippen LogP contribution in [0.15, 0.2) is 142 Å². The molecule has 0 bridgehead atoms. The summed E-state index contributed by atoms with van der Waals surface area (Å²) >= 11 is 6.72. The lowest BCUT2D eigenvalue weighted by Crippen LogP contribution is -2.46. The van der Waals surface area contributed by atoms with Gasteiger partial charge in [-0.25, -0.2) is 17.6 Å². The third-order valence-corrected chi connectivity index (χ3v) is 11.3. The monoisotopic (exact) mass is 874 g/mol. The molecule has 284 valence electrons. The zero-order valence-electron chi connectivity index (χ0n) is 30.8. The summed E-state index contributed by atoms with van der Waals surface area (Å²) in [6.07, 6.45) is -0.597. The molecule has 0 aliphatic heterocycles. The van der Waals surface area contributed by atoms with Gasteiger partial charge in [-0.2, -0.15) is 0 Å². The Morgan fingerprint density at radius 3 is 1.20 bits per heavy atom. The predicted molar refractivity (Wildman–Crippen MR) is 216 cm³/mol. The van der Waals surface area contributed by atoms with Gasteiger partial charge in [0.2, 0.25) is 0 Å². The van der Waals surface area contributed by atoms with Gasteiger partial charge in [-0.05, 0) is 140 Å². The van der Waals surface area contributed by atoms with Crippen molar-refractivity contribution in [1.29, 1.82) is 0 Å². The molecule has 0 saturated carbocycles. The Balaban J connectivity index is 1.43. The minimum absolute atomic E-state index is 0.0649. The molecule has 0 aliphatic rings. The molecule has 2 unspecified atom stereocenters. The van der Waals surface area contributed by atoms with E-state index in [9.17, 15) is 8.78 Å². The van der Waals surface area contributed by atoms with Crippen molar-refractivity contribution in [1.82, 2.24) is 0 Å². The minimum Gasteiger partial charge on any atom is -0.454 e. The van der Waals surface area contributed by atoms with Crippen LogP contribution in [-0.2, 0) is 28.4 Å². The molecule has 0 heterocycles. The normalized spacial score (nSPS) is 13.0. The van der Waals surface area contributed by atoms with E-state index in [-0.39, 0.29) is 11.5 Å². The van der Waals surface area contributed by atoms with Crippen LogP contribution in [-0.4, -0.2) is 12.2 Å². The van der Waals surface area contributed by atoms with Crippen molar-refractivity contribution in [3.05, 3.63) is 188 Å². The van der Waals surface area contributed by atoms with Crippen LogP contribution in [0.4, 0.5) is 17.6 Å². The Bertz CT molecular complexity index is 2090. The lowest BCUT2D eigenvalue weighted by molar-refractivity contribution is -0.0753. The van der Waals surface area contributed by atoms with E-state index in [1.807, 2.05) is 64.1 Å². The average molecular weight is 877 g/mol. The van der Waals surface area contributed by atoms with Gasteiger partial charge in [0.15, 0.2) is 23.1 Å². The topological polar surface area (TPSA) is 27.7 Å². The lowest BCUT2D eigenvalue weighted by atomic mass is 9.74. The van der Waals surface area contributed by atoms with Crippen molar-refractivity contribution in [3.63, 3.8) is 0 Å². The zero-order chi connectivity index (χ0) is 39.3. The Kier molecular flexibility index (Phi) is 12.5. The molecule has 0 N–H and O–H groups in total. The van der Waals surface area contributed by atoms with E-state index in [4.69, 9.17) is 14.2 Å². The van der Waals surface area contributed by atoms with E-state index in [0.29, 0.717) is 33.3 Å². The van der Waals surface area contributed by atoms with Gasteiger partial charge in [0.1, 0.15) is 23.1 Å². The van der Waals surface area contributed by atoms with Gasteiger partial charge < -0.3 is 14.2 Å². The molecular weight excluding hydrogens is 836 g/mol. The molecule has 0 aromatic heterocycles. The molecule has 0 spiro atoms. The molecule has 3 nitrogen and oxygen atoms in total. The van der Waals surface area contributed by atoms with Crippen LogP contribution in [0.1, 0.15) is 49.9 Å². The van der Waals surface area contributed by atoms with Crippen LogP contribution in [0.25, 0.3) is 0 Å². The van der Waals surface area contributed by atoms with Gasteiger partial charge in [-0.1, -0.05) is 88.4 Å². The summed E-state index contributed by atoms with van der Waals surface area (Å²) in [5.74, 6) is -0.719. The van der Waals surface area contributed by atoms with E-state index in [2.05, 4.69) is 31.9 Å². The fraction of sp³-hybridized carbons (Fsp3) is 0.217. The Hall–Kier alpha value is -4.44. The third kappa shape index (κ3) is 9.69. The van der Waals surface area contributed by atoms with Crippen LogP contribution < -0.4 is 9.47 Å². The number of hydrogen-bond acceptors (Lipinski definition) is 3. The van der Waals surface area contributed by atoms with E-state index < -0.39 is 46.3 Å². The zero-order valence-corrected chi connectivity index (χ0v) is 33.9. The maximum absolute atomic E-state index is 15.2. The largest absolute Gasteiger partial charge is 0.454 e. The highest BCUT2D eigenvalue weighted by atomic mass is 79.9. The molecule has 0 fully saturated rings. The highest BCUT2D eigenvalue weighted by Crippen LogP contribution is 2.40. The molecule has 0 radical (unpaired) electrons. The van der Waals surface area contributed by atoms with E-state index in [1.165, 1.54) is 24.3 Å². The number of hydrogen-bond donors (Lipinski definition) is 0. The number of ether oxygens (including phenoxy) is 3. The second kappa shape index (κ2) is 17.1. The van der Waals surface area contributed by atoms with Crippen LogP contribution in [0.2, 0.25) is 0 Å². The second-order valence-electron chi connectivity index (χ2n) is 14.6. The van der Waals surface area contributed by atoms with Gasteiger partial charge in [0.05, 0.1) is 21.2 Å². The highest BCUT2D eigenvalue weighted by molar-refractivity contribution is 9.10. The first-order valence-corrected chi connectivity index (χ1v) is 19.4. The van der Waals surface area contributed by atoms with Crippen molar-refractivity contribution in [2.45, 2.75) is 63.6 Å². The van der Waals surface area contributed by atoms with Gasteiger partial charge in [0, 0.05) is 10.8 Å². The standard InChI is InChI=1S/C46H40Br2F4O3/c1-45(2,31-17-21-37(49)35(47)27-31)43(25-29-15-19-39(51)41(23-29)53-33-11-7-5-8-12-33)55-44(46(3,4)32-18-22-38(50)36(48)28-32)26-30-16-20-40(52)42(24-30)54-34-13-9-6-10-14-34/h5-24,27-28,43-44H,25-26H2,1-4H3. The van der Waals surface area contributed by atoms with Crippen molar-refractivity contribution in [2.75, 3.05) is 0 Å². The first-order chi connectivity index (χ1) is 26.2. The Morgan fingerprint density at radius 2 is 0.836 bits per heavy atom. The number of para-hydroxylation sites is 2. The van der Waals surface area contributed by atoms with E-state index in [1.54, 1.807) is 72.8 Å². The molecule has 55 heavy (non-hydrogen) atoms. The van der Waals surface area contributed by atoms with Gasteiger partial charge in [-0.15, -0.1) is 0 Å². The summed E-state index contributed by atoms with van der Waals surface area (Å²) in [6.45, 7) is 8.07. The van der Waals surface area contributed by atoms with Gasteiger partial charge >= 0.3 is 0 Å². The Labute approximate surface area is 336 Å². The minimum atomic E-state index is -0.757. The van der Waals surface area contributed by atoms with E-state index >= 15 is 8.78 Å². The van der Waals surface area contributed by atoms with Crippen molar-refractivity contribution >= 4 is 31.9 Å². The van der Waals surface area contributed by atoms with Crippen molar-refractivity contribution < 1.29 is 31.8 Å². The average Bonchev–Trinajstić information content (AvgIpc) is 3.16. The maximum Gasteiger partial charge on any atom is 0.165 e. The summed E-state index contributed by atoms with van der Waals surface area (Å²) < 4.78 is 79.3. The Morgan fingerprint density at radius 1 is 0.473 bits per heavy atom. The fourth-order valence-corrected chi connectivity index (χ4v) is 7.23. The third-order valence-electron chi connectivity index (χ3n) is 10.0. The lowest BCUT2D eigenvalue weighted by Gasteiger charge is -2.43.